The Bertz CT molecular complexity index is 528. The van der Waals surface area contributed by atoms with Crippen LogP contribution in [0.5, 0.6) is 5.75 Å². The third-order valence-electron chi connectivity index (χ3n) is 2.79. The van der Waals surface area contributed by atoms with Crippen molar-refractivity contribution >= 4 is 17.8 Å². The molecule has 0 aliphatic carbocycles. The van der Waals surface area contributed by atoms with Gasteiger partial charge in [-0.1, -0.05) is 12.1 Å². The number of hydrogen-bond acceptors (Lipinski definition) is 4. The molecule has 0 fully saturated rings. The minimum absolute atomic E-state index is 0.0660. The van der Waals surface area contributed by atoms with Crippen molar-refractivity contribution in [1.29, 1.82) is 0 Å². The predicted octanol–water partition coefficient (Wildman–Crippen LogP) is 0.672. The lowest BCUT2D eigenvalue weighted by Gasteiger charge is -2.12. The minimum atomic E-state index is -1.42. The molecule has 3 N–H and O–H groups in total. The number of benzene rings is 1. The molecule has 7 nitrogen and oxygen atoms in total. The molecule has 0 spiro atoms. The minimum Gasteiger partial charge on any atom is -0.497 e. The van der Waals surface area contributed by atoms with Crippen molar-refractivity contribution in [2.45, 2.75) is 25.3 Å². The molecule has 0 aliphatic rings. The first-order valence-electron chi connectivity index (χ1n) is 6.29. The smallest absolute Gasteiger partial charge is 0.326 e. The van der Waals surface area contributed by atoms with Gasteiger partial charge in [-0.2, -0.15) is 0 Å². The maximum Gasteiger partial charge on any atom is 0.326 e. The van der Waals surface area contributed by atoms with Crippen molar-refractivity contribution in [1.82, 2.24) is 5.32 Å². The number of methoxy groups -OCH3 is 1. The number of hydrogen-bond donors (Lipinski definition) is 3. The topological polar surface area (TPSA) is 113 Å². The number of carbonyl (C=O) groups excluding carboxylic acids is 1. The Balaban J connectivity index is 2.52. The fourth-order valence-electron chi connectivity index (χ4n) is 1.73. The van der Waals surface area contributed by atoms with Gasteiger partial charge in [0.05, 0.1) is 13.5 Å². The van der Waals surface area contributed by atoms with Crippen LogP contribution < -0.4 is 10.1 Å². The first-order chi connectivity index (χ1) is 9.92. The average molecular weight is 295 g/mol. The van der Waals surface area contributed by atoms with Crippen LogP contribution in [-0.2, 0) is 20.8 Å². The van der Waals surface area contributed by atoms with Gasteiger partial charge in [0.2, 0.25) is 5.91 Å². The fraction of sp³-hybridized carbons (Fsp3) is 0.357. The highest BCUT2D eigenvalue weighted by Crippen LogP contribution is 2.13. The van der Waals surface area contributed by atoms with Gasteiger partial charge < -0.3 is 20.3 Å². The molecular weight excluding hydrogens is 278 g/mol. The molecule has 1 atom stereocenters. The Morgan fingerprint density at radius 2 is 2.00 bits per heavy atom. The molecule has 7 heteroatoms. The van der Waals surface area contributed by atoms with Gasteiger partial charge in [-0.25, -0.2) is 4.79 Å². The number of nitrogens with one attached hydrogen (secondary N) is 1. The van der Waals surface area contributed by atoms with E-state index < -0.39 is 30.3 Å². The molecule has 1 aromatic rings. The SMILES string of the molecule is COc1cccc(CCC(=O)N[C@@H](CC(=O)O)C(=O)O)c1. The van der Waals surface area contributed by atoms with E-state index in [0.717, 1.165) is 5.56 Å². The summed E-state index contributed by atoms with van der Waals surface area (Å²) >= 11 is 0. The van der Waals surface area contributed by atoms with Crippen LogP contribution in [0.15, 0.2) is 24.3 Å². The molecule has 0 saturated heterocycles. The summed E-state index contributed by atoms with van der Waals surface area (Å²) in [6.45, 7) is 0. The molecule has 0 unspecified atom stereocenters. The van der Waals surface area contributed by atoms with Gasteiger partial charge in [-0.3, -0.25) is 9.59 Å². The summed E-state index contributed by atoms with van der Waals surface area (Å²) in [4.78, 5) is 33.0. The predicted molar refractivity (Wildman–Crippen MR) is 73.1 cm³/mol. The van der Waals surface area contributed by atoms with Crippen LogP contribution in [0.2, 0.25) is 0 Å². The van der Waals surface area contributed by atoms with Gasteiger partial charge in [-0.05, 0) is 24.1 Å². The maximum absolute atomic E-state index is 11.7. The zero-order chi connectivity index (χ0) is 15.8. The summed E-state index contributed by atoms with van der Waals surface area (Å²) < 4.78 is 5.06. The number of amides is 1. The normalized spacial score (nSPS) is 11.5. The summed E-state index contributed by atoms with van der Waals surface area (Å²) in [5.41, 5.74) is 0.870. The van der Waals surface area contributed by atoms with Gasteiger partial charge in [0, 0.05) is 6.42 Å². The van der Waals surface area contributed by atoms with Gasteiger partial charge >= 0.3 is 11.9 Å². The van der Waals surface area contributed by atoms with Crippen molar-refractivity contribution in [2.75, 3.05) is 7.11 Å². The second kappa shape index (κ2) is 7.88. The second-order valence-corrected chi connectivity index (χ2v) is 4.41. The highest BCUT2D eigenvalue weighted by atomic mass is 16.5. The Morgan fingerprint density at radius 3 is 2.57 bits per heavy atom. The molecule has 0 aromatic heterocycles. The zero-order valence-electron chi connectivity index (χ0n) is 11.5. The Hall–Kier alpha value is -2.57. The van der Waals surface area contributed by atoms with Crippen LogP contribution in [0.1, 0.15) is 18.4 Å². The van der Waals surface area contributed by atoms with Crippen molar-refractivity contribution < 1.29 is 29.3 Å². The number of carbonyl (C=O) groups is 3. The number of ether oxygens (including phenoxy) is 1. The molecule has 1 amide bonds. The molecule has 114 valence electrons. The van der Waals surface area contributed by atoms with Gasteiger partial charge in [-0.15, -0.1) is 0 Å². The van der Waals surface area contributed by atoms with Crippen LogP contribution in [-0.4, -0.2) is 41.2 Å². The van der Waals surface area contributed by atoms with E-state index in [0.29, 0.717) is 12.2 Å². The summed E-state index contributed by atoms with van der Waals surface area (Å²) in [6.07, 6.45) is -0.181. The third-order valence-corrected chi connectivity index (χ3v) is 2.79. The standard InChI is InChI=1S/C14H17NO6/c1-21-10-4-2-3-9(7-10)5-6-12(16)15-11(14(19)20)8-13(17)18/h2-4,7,11H,5-6,8H2,1H3,(H,15,16)(H,17,18)(H,19,20)/t11-/m0/s1. The highest BCUT2D eigenvalue weighted by molar-refractivity contribution is 5.86. The van der Waals surface area contributed by atoms with Crippen molar-refractivity contribution in [3.8, 4) is 5.75 Å². The van der Waals surface area contributed by atoms with E-state index in [4.69, 9.17) is 14.9 Å². The Labute approximate surface area is 121 Å². The largest absolute Gasteiger partial charge is 0.497 e. The number of carboxylic acids is 2. The molecule has 21 heavy (non-hydrogen) atoms. The molecule has 0 heterocycles. The van der Waals surface area contributed by atoms with Crippen LogP contribution in [0.4, 0.5) is 0 Å². The lowest BCUT2D eigenvalue weighted by molar-refractivity contribution is -0.147. The summed E-state index contributed by atoms with van der Waals surface area (Å²) in [5.74, 6) is -2.49. The quantitative estimate of drug-likeness (QED) is 0.649. The number of aryl methyl sites for hydroxylation is 1. The van der Waals surface area contributed by atoms with Crippen molar-refractivity contribution in [3.63, 3.8) is 0 Å². The average Bonchev–Trinajstić information content (AvgIpc) is 2.44. The molecule has 0 radical (unpaired) electrons. The monoisotopic (exact) mass is 295 g/mol. The lowest BCUT2D eigenvalue weighted by Crippen LogP contribution is -2.42. The summed E-state index contributed by atoms with van der Waals surface area (Å²) in [7, 11) is 1.54. The lowest BCUT2D eigenvalue weighted by atomic mass is 10.1. The number of carboxylic acid groups (broad SMARTS) is 2. The maximum atomic E-state index is 11.7. The van der Waals surface area contributed by atoms with Gasteiger partial charge in [0.25, 0.3) is 0 Å². The summed E-state index contributed by atoms with van der Waals surface area (Å²) in [5, 5.41) is 19.6. The van der Waals surface area contributed by atoms with Crippen LogP contribution in [0.3, 0.4) is 0 Å². The van der Waals surface area contributed by atoms with E-state index in [2.05, 4.69) is 5.32 Å². The van der Waals surface area contributed by atoms with Crippen LogP contribution in [0.25, 0.3) is 0 Å². The van der Waals surface area contributed by atoms with Gasteiger partial charge in [0.1, 0.15) is 11.8 Å². The number of aliphatic carboxylic acids is 2. The van der Waals surface area contributed by atoms with E-state index in [-0.39, 0.29) is 6.42 Å². The van der Waals surface area contributed by atoms with E-state index >= 15 is 0 Å². The van der Waals surface area contributed by atoms with E-state index in [1.165, 1.54) is 7.11 Å². The van der Waals surface area contributed by atoms with E-state index in [1.54, 1.807) is 18.2 Å². The van der Waals surface area contributed by atoms with Crippen molar-refractivity contribution in [2.24, 2.45) is 0 Å². The molecular formula is C14H17NO6. The molecule has 1 rings (SSSR count). The Kier molecular flexibility index (Phi) is 6.19. The van der Waals surface area contributed by atoms with Gasteiger partial charge in [0.15, 0.2) is 0 Å². The van der Waals surface area contributed by atoms with Crippen molar-refractivity contribution in [3.05, 3.63) is 29.8 Å². The molecule has 0 bridgehead atoms. The van der Waals surface area contributed by atoms with E-state index in [1.807, 2.05) is 6.07 Å². The van der Waals surface area contributed by atoms with Crippen LogP contribution in [0, 0.1) is 0 Å². The zero-order valence-corrected chi connectivity index (χ0v) is 11.5. The Morgan fingerprint density at radius 1 is 1.29 bits per heavy atom. The first kappa shape index (κ1) is 16.5. The summed E-state index contributed by atoms with van der Waals surface area (Å²) in [6, 6.07) is 5.74. The molecule has 0 saturated carbocycles. The molecule has 1 aromatic carbocycles. The molecule has 0 aliphatic heterocycles. The first-order valence-corrected chi connectivity index (χ1v) is 6.29. The van der Waals surface area contributed by atoms with Crippen LogP contribution >= 0.6 is 0 Å². The second-order valence-electron chi connectivity index (χ2n) is 4.41. The fourth-order valence-corrected chi connectivity index (χ4v) is 1.73. The van der Waals surface area contributed by atoms with E-state index in [9.17, 15) is 14.4 Å². The third kappa shape index (κ3) is 5.94. The highest BCUT2D eigenvalue weighted by Gasteiger charge is 2.22. The number of rotatable bonds is 8.